The standard InChI is InChI=1S/C8H15B4NS/c1-5-3-6(12(10)11-9)8(14-2)4-7(5)13/h3-4,11H,9-10,13H2,1-2H3. The maximum atomic E-state index is 5.89. The summed E-state index contributed by atoms with van der Waals surface area (Å²) in [6.45, 7) is 2.70. The summed E-state index contributed by atoms with van der Waals surface area (Å²) < 4.78 is 0. The van der Waals surface area contributed by atoms with E-state index in [-0.39, 0.29) is 0 Å². The van der Waals surface area contributed by atoms with Crippen LogP contribution in [-0.2, 0) is 0 Å². The van der Waals surface area contributed by atoms with Gasteiger partial charge in [-0.15, -0.1) is 11.8 Å². The van der Waals surface area contributed by atoms with E-state index in [1.54, 1.807) is 11.8 Å². The maximum Gasteiger partial charge on any atom is 0.0974 e. The topological polar surface area (TPSA) is 26.0 Å². The molecule has 1 aromatic rings. The van der Waals surface area contributed by atoms with E-state index in [2.05, 4.69) is 40.8 Å². The van der Waals surface area contributed by atoms with Gasteiger partial charge >= 0.3 is 0 Å². The van der Waals surface area contributed by atoms with Gasteiger partial charge in [-0.25, -0.2) is 0 Å². The van der Waals surface area contributed by atoms with Crippen molar-refractivity contribution in [2.75, 3.05) is 12.0 Å². The lowest BCUT2D eigenvalue weighted by atomic mass is 9.03. The largest absolute Gasteiger partial charge is 0.398 e. The van der Waals surface area contributed by atoms with Crippen molar-refractivity contribution in [2.45, 2.75) is 11.8 Å². The molecule has 70 valence electrons. The Morgan fingerprint density at radius 2 is 2.14 bits per heavy atom. The number of hydrogen-bond acceptors (Lipinski definition) is 2. The Morgan fingerprint density at radius 1 is 1.50 bits per heavy atom. The predicted octanol–water partition coefficient (Wildman–Crippen LogP) is -1.39. The fourth-order valence-corrected chi connectivity index (χ4v) is 2.25. The van der Waals surface area contributed by atoms with Crippen LogP contribution in [0, 0.1) is 6.92 Å². The van der Waals surface area contributed by atoms with E-state index >= 15 is 0 Å². The van der Waals surface area contributed by atoms with Crippen LogP contribution in [0.3, 0.4) is 0 Å². The van der Waals surface area contributed by atoms with E-state index in [0.29, 0.717) is 6.49 Å². The Hall–Kier alpha value is -0.370. The molecule has 0 atom stereocenters. The van der Waals surface area contributed by atoms with Gasteiger partial charge in [0.15, 0.2) is 0 Å². The molecule has 0 aliphatic rings. The molecule has 0 aliphatic carbocycles. The average molecular weight is 201 g/mol. The third-order valence-corrected chi connectivity index (χ3v) is 3.56. The molecule has 0 saturated heterocycles. The lowest BCUT2D eigenvalue weighted by Gasteiger charge is -2.14. The first-order valence-corrected chi connectivity index (χ1v) is 6.26. The number of nitrogens with two attached hydrogens (primary N) is 1. The molecule has 2 N–H and O–H groups in total. The first-order chi connectivity index (χ1) is 6.60. The first-order valence-electron chi connectivity index (χ1n) is 5.04. The monoisotopic (exact) mass is 201 g/mol. The second kappa shape index (κ2) is 4.92. The van der Waals surface area contributed by atoms with Crippen molar-refractivity contribution in [1.82, 2.24) is 0 Å². The number of nitrogen functional groups attached to an aromatic ring is 1. The maximum absolute atomic E-state index is 5.89. The number of benzene rings is 1. The third-order valence-electron chi connectivity index (χ3n) is 2.76. The molecule has 0 spiro atoms. The molecule has 1 nitrogen and oxygen atoms in total. The van der Waals surface area contributed by atoms with Crippen LogP contribution in [0.25, 0.3) is 0 Å². The van der Waals surface area contributed by atoms with E-state index in [0.717, 1.165) is 5.69 Å². The molecule has 0 bridgehead atoms. The van der Waals surface area contributed by atoms with Crippen molar-refractivity contribution < 1.29 is 0 Å². The van der Waals surface area contributed by atoms with Crippen LogP contribution < -0.4 is 11.2 Å². The van der Waals surface area contributed by atoms with E-state index in [4.69, 9.17) is 5.73 Å². The van der Waals surface area contributed by atoms with Crippen LogP contribution in [0.1, 0.15) is 5.56 Å². The molecule has 0 saturated carbocycles. The van der Waals surface area contributed by atoms with E-state index in [1.165, 1.54) is 23.0 Å². The highest BCUT2D eigenvalue weighted by Crippen LogP contribution is 2.19. The van der Waals surface area contributed by atoms with Crippen molar-refractivity contribution in [2.24, 2.45) is 0 Å². The third kappa shape index (κ3) is 2.35. The van der Waals surface area contributed by atoms with Crippen LogP contribution in [0.15, 0.2) is 17.0 Å². The van der Waals surface area contributed by atoms with Crippen molar-refractivity contribution in [1.29, 1.82) is 0 Å². The summed E-state index contributed by atoms with van der Waals surface area (Å²) in [5.74, 6) is 0. The molecular weight excluding hydrogens is 185 g/mol. The Balaban J connectivity index is 3.19. The molecule has 0 unspecified atom stereocenters. The molecular formula is C8H15B4NS. The molecule has 1 rings (SSSR count). The normalized spacial score (nSPS) is 9.86. The first kappa shape index (κ1) is 11.7. The summed E-state index contributed by atoms with van der Waals surface area (Å²) in [6.07, 6.45) is 2.11. The Labute approximate surface area is 93.7 Å². The van der Waals surface area contributed by atoms with Crippen molar-refractivity contribution in [3.05, 3.63) is 17.7 Å². The van der Waals surface area contributed by atoms with Gasteiger partial charge in [-0.3, -0.25) is 0 Å². The van der Waals surface area contributed by atoms with E-state index in [9.17, 15) is 0 Å². The molecule has 0 aromatic heterocycles. The van der Waals surface area contributed by atoms with Gasteiger partial charge in [0, 0.05) is 10.6 Å². The van der Waals surface area contributed by atoms with Gasteiger partial charge in [-0.1, -0.05) is 11.5 Å². The predicted molar refractivity (Wildman–Crippen MR) is 77.0 cm³/mol. The zero-order valence-corrected chi connectivity index (χ0v) is 10.2. The molecule has 0 aliphatic heterocycles. The van der Waals surface area contributed by atoms with Gasteiger partial charge in [-0.2, -0.15) is 0 Å². The summed E-state index contributed by atoms with van der Waals surface area (Å²) in [7, 11) is 5.67. The number of hydrogen-bond donors (Lipinski definition) is 1. The summed E-state index contributed by atoms with van der Waals surface area (Å²) in [4.78, 5) is 1.32. The molecule has 1 aromatic carbocycles. The average Bonchev–Trinajstić information content (AvgIpc) is 2.20. The molecule has 0 fully saturated rings. The number of thioether (sulfide) groups is 1. The summed E-state index contributed by atoms with van der Waals surface area (Å²) >= 11 is 1.78. The van der Waals surface area contributed by atoms with Crippen molar-refractivity contribution in [3.63, 3.8) is 0 Å². The molecule has 6 heteroatoms. The molecule has 0 radical (unpaired) electrons. The van der Waals surface area contributed by atoms with E-state index in [1.807, 2.05) is 0 Å². The number of rotatable bonds is 3. The lowest BCUT2D eigenvalue weighted by molar-refractivity contribution is 1.42. The Morgan fingerprint density at radius 3 is 2.64 bits per heavy atom. The van der Waals surface area contributed by atoms with Crippen LogP contribution in [0.4, 0.5) is 5.69 Å². The molecule has 0 heterocycles. The molecule has 14 heavy (non-hydrogen) atoms. The van der Waals surface area contributed by atoms with Gasteiger partial charge in [0.2, 0.25) is 0 Å². The lowest BCUT2D eigenvalue weighted by Crippen LogP contribution is -2.39. The zero-order chi connectivity index (χ0) is 10.7. The van der Waals surface area contributed by atoms with Gasteiger partial charge in [0.25, 0.3) is 0 Å². The number of anilines is 1. The fourth-order valence-electron chi connectivity index (χ4n) is 1.51. The second-order valence-corrected chi connectivity index (χ2v) is 4.61. The zero-order valence-electron chi connectivity index (χ0n) is 9.42. The van der Waals surface area contributed by atoms with Crippen LogP contribution in [0.2, 0.25) is 0 Å². The molecule has 0 amide bonds. The van der Waals surface area contributed by atoms with Gasteiger partial charge in [0.05, 0.1) is 29.0 Å². The second-order valence-electron chi connectivity index (χ2n) is 3.76. The minimum Gasteiger partial charge on any atom is -0.398 e. The van der Waals surface area contributed by atoms with E-state index < -0.39 is 0 Å². The SMILES string of the molecule is BBB(B)c1cc(C)c(N)cc1SC. The van der Waals surface area contributed by atoms with Crippen LogP contribution >= 0.6 is 11.8 Å². The van der Waals surface area contributed by atoms with Crippen LogP contribution in [-0.4, -0.2) is 35.3 Å². The highest BCUT2D eigenvalue weighted by molar-refractivity contribution is 7.99. The van der Waals surface area contributed by atoms with Gasteiger partial charge < -0.3 is 5.73 Å². The quantitative estimate of drug-likeness (QED) is 0.370. The van der Waals surface area contributed by atoms with Gasteiger partial charge in [0.1, 0.15) is 0 Å². The summed E-state index contributed by atoms with van der Waals surface area (Å²) in [5.41, 5.74) is 9.43. The highest BCUT2D eigenvalue weighted by atomic mass is 32.2. The minimum atomic E-state index is 0.622. The fraction of sp³-hybridized carbons (Fsp3) is 0.250. The minimum absolute atomic E-state index is 0.622. The number of aryl methyl sites for hydroxylation is 1. The van der Waals surface area contributed by atoms with Crippen molar-refractivity contribution in [3.8, 4) is 0 Å². The summed E-state index contributed by atoms with van der Waals surface area (Å²) in [5, 5.41) is 0. The van der Waals surface area contributed by atoms with Gasteiger partial charge in [-0.05, 0) is 24.8 Å². The Bertz CT molecular complexity index is 331. The van der Waals surface area contributed by atoms with Crippen molar-refractivity contribution >= 4 is 51.9 Å². The van der Waals surface area contributed by atoms with Crippen LogP contribution in [0.5, 0.6) is 0 Å². The summed E-state index contributed by atoms with van der Waals surface area (Å²) in [6, 6.07) is 4.33. The highest BCUT2D eigenvalue weighted by Gasteiger charge is 2.13. The smallest absolute Gasteiger partial charge is 0.0974 e. The Kier molecular flexibility index (Phi) is 4.11.